The van der Waals surface area contributed by atoms with Gasteiger partial charge in [0.15, 0.2) is 0 Å². The lowest BCUT2D eigenvalue weighted by atomic mass is 10.2. The zero-order valence-corrected chi connectivity index (χ0v) is 11.3. The number of rotatable bonds is 2. The molecule has 1 aliphatic rings. The van der Waals surface area contributed by atoms with Crippen LogP contribution in [-0.4, -0.2) is 48.4 Å². The van der Waals surface area contributed by atoms with Crippen molar-refractivity contribution in [1.29, 1.82) is 0 Å². The maximum Gasteiger partial charge on any atom is 0.255 e. The molecule has 1 aromatic heterocycles. The molecular weight excluding hydrogens is 268 g/mol. The average molecular weight is 283 g/mol. The van der Waals surface area contributed by atoms with Gasteiger partial charge < -0.3 is 15.5 Å². The topological polar surface area (TPSA) is 74.3 Å². The van der Waals surface area contributed by atoms with Gasteiger partial charge in [-0.15, -0.1) is 0 Å². The summed E-state index contributed by atoms with van der Waals surface area (Å²) >= 11 is 6.02. The van der Waals surface area contributed by atoms with E-state index < -0.39 is 0 Å². The van der Waals surface area contributed by atoms with Gasteiger partial charge in [0.1, 0.15) is 5.82 Å². The number of carbonyl (C=O) groups excluding carboxylic acids is 2. The molecule has 0 bridgehead atoms. The van der Waals surface area contributed by atoms with Gasteiger partial charge in [-0.2, -0.15) is 0 Å². The molecular formula is C12H15ClN4O2. The Bertz CT molecular complexity index is 507. The van der Waals surface area contributed by atoms with E-state index in [1.54, 1.807) is 18.0 Å². The minimum absolute atomic E-state index is 0.0351. The normalized spacial score (nSPS) is 15.7. The van der Waals surface area contributed by atoms with Crippen LogP contribution in [0, 0.1) is 0 Å². The largest absolute Gasteiger partial charge is 0.373 e. The first kappa shape index (κ1) is 13.6. The summed E-state index contributed by atoms with van der Waals surface area (Å²) in [5.41, 5.74) is 0.398. The van der Waals surface area contributed by atoms with Crippen LogP contribution in [0.1, 0.15) is 16.8 Å². The molecule has 1 aromatic rings. The summed E-state index contributed by atoms with van der Waals surface area (Å²) in [6.45, 7) is 1.35. The predicted octanol–water partition coefficient (Wildman–Crippen LogP) is 0.739. The van der Waals surface area contributed by atoms with Gasteiger partial charge in [-0.05, 0) is 6.07 Å². The quantitative estimate of drug-likeness (QED) is 0.839. The number of anilines is 1. The molecule has 1 saturated heterocycles. The predicted molar refractivity (Wildman–Crippen MR) is 72.3 cm³/mol. The van der Waals surface area contributed by atoms with Crippen LogP contribution in [0.5, 0.6) is 0 Å². The molecule has 0 radical (unpaired) electrons. The second kappa shape index (κ2) is 5.88. The lowest BCUT2D eigenvalue weighted by Crippen LogP contribution is -2.34. The van der Waals surface area contributed by atoms with Crippen LogP contribution in [0.4, 0.5) is 5.82 Å². The third-order valence-electron chi connectivity index (χ3n) is 2.94. The van der Waals surface area contributed by atoms with E-state index in [4.69, 9.17) is 11.6 Å². The zero-order valence-electron chi connectivity index (χ0n) is 10.6. The van der Waals surface area contributed by atoms with Gasteiger partial charge in [-0.25, -0.2) is 4.98 Å². The summed E-state index contributed by atoms with van der Waals surface area (Å²) in [6, 6.07) is 1.62. The number of halogens is 1. The minimum atomic E-state index is -0.180. The Kier molecular flexibility index (Phi) is 4.21. The SMILES string of the molecule is CNc1cc(C(=O)N2CCNC(=O)CC2)c(Cl)cn1. The van der Waals surface area contributed by atoms with Crippen molar-refractivity contribution >= 4 is 29.2 Å². The third kappa shape index (κ3) is 3.14. The van der Waals surface area contributed by atoms with E-state index in [9.17, 15) is 9.59 Å². The zero-order chi connectivity index (χ0) is 13.8. The van der Waals surface area contributed by atoms with Crippen LogP contribution in [-0.2, 0) is 4.79 Å². The molecule has 0 atom stereocenters. The Labute approximate surface area is 116 Å². The van der Waals surface area contributed by atoms with E-state index in [1.807, 2.05) is 0 Å². The molecule has 2 N–H and O–H groups in total. The van der Waals surface area contributed by atoms with E-state index in [0.29, 0.717) is 42.5 Å². The van der Waals surface area contributed by atoms with Gasteiger partial charge in [0.25, 0.3) is 5.91 Å². The number of nitrogens with one attached hydrogen (secondary N) is 2. The van der Waals surface area contributed by atoms with E-state index >= 15 is 0 Å². The number of hydrogen-bond acceptors (Lipinski definition) is 4. The van der Waals surface area contributed by atoms with Gasteiger partial charge in [0.05, 0.1) is 10.6 Å². The molecule has 0 spiro atoms. The molecule has 1 aliphatic heterocycles. The molecule has 0 aliphatic carbocycles. The first-order chi connectivity index (χ1) is 9.11. The molecule has 19 heavy (non-hydrogen) atoms. The smallest absolute Gasteiger partial charge is 0.255 e. The first-order valence-electron chi connectivity index (χ1n) is 6.01. The summed E-state index contributed by atoms with van der Waals surface area (Å²) in [5.74, 6) is 0.365. The third-order valence-corrected chi connectivity index (χ3v) is 3.24. The Hall–Kier alpha value is -1.82. The second-order valence-electron chi connectivity index (χ2n) is 4.19. The van der Waals surface area contributed by atoms with Crippen molar-refractivity contribution in [2.24, 2.45) is 0 Å². The van der Waals surface area contributed by atoms with Crippen LogP contribution in [0.25, 0.3) is 0 Å². The fourth-order valence-electron chi connectivity index (χ4n) is 1.88. The van der Waals surface area contributed by atoms with Crippen LogP contribution in [0.3, 0.4) is 0 Å². The summed E-state index contributed by atoms with van der Waals surface area (Å²) < 4.78 is 0. The van der Waals surface area contributed by atoms with Crippen LogP contribution in [0.15, 0.2) is 12.3 Å². The van der Waals surface area contributed by atoms with Crippen LogP contribution < -0.4 is 10.6 Å². The molecule has 0 unspecified atom stereocenters. The Morgan fingerprint density at radius 2 is 2.32 bits per heavy atom. The van der Waals surface area contributed by atoms with E-state index in [2.05, 4.69) is 15.6 Å². The minimum Gasteiger partial charge on any atom is -0.373 e. The van der Waals surface area contributed by atoms with E-state index in [0.717, 1.165) is 0 Å². The van der Waals surface area contributed by atoms with E-state index in [-0.39, 0.29) is 11.8 Å². The molecule has 2 rings (SSSR count). The molecule has 1 fully saturated rings. The van der Waals surface area contributed by atoms with Crippen molar-refractivity contribution in [3.63, 3.8) is 0 Å². The highest BCUT2D eigenvalue weighted by molar-refractivity contribution is 6.33. The van der Waals surface area contributed by atoms with Crippen molar-refractivity contribution < 1.29 is 9.59 Å². The van der Waals surface area contributed by atoms with Crippen molar-refractivity contribution in [2.75, 3.05) is 32.0 Å². The standard InChI is InChI=1S/C12H15ClN4O2/c1-14-10-6-8(9(13)7-16-10)12(19)17-4-2-11(18)15-3-5-17/h6-7H,2-5H2,1H3,(H,14,16)(H,15,18). The lowest BCUT2D eigenvalue weighted by Gasteiger charge is -2.20. The molecule has 0 saturated carbocycles. The van der Waals surface area contributed by atoms with Crippen LogP contribution >= 0.6 is 11.6 Å². The second-order valence-corrected chi connectivity index (χ2v) is 4.60. The molecule has 0 aromatic carbocycles. The van der Waals surface area contributed by atoms with Gasteiger partial charge in [0.2, 0.25) is 5.91 Å². The fourth-order valence-corrected chi connectivity index (χ4v) is 2.06. The molecule has 102 valence electrons. The maximum absolute atomic E-state index is 12.4. The number of carbonyl (C=O) groups is 2. The maximum atomic E-state index is 12.4. The monoisotopic (exact) mass is 282 g/mol. The fraction of sp³-hybridized carbons (Fsp3) is 0.417. The van der Waals surface area contributed by atoms with Crippen LogP contribution in [0.2, 0.25) is 5.02 Å². The number of hydrogen-bond donors (Lipinski definition) is 2. The summed E-state index contributed by atoms with van der Waals surface area (Å²) in [6.07, 6.45) is 1.76. The lowest BCUT2D eigenvalue weighted by molar-refractivity contribution is -0.120. The van der Waals surface area contributed by atoms with Crippen molar-refractivity contribution in [3.8, 4) is 0 Å². The van der Waals surface area contributed by atoms with Crippen molar-refractivity contribution in [2.45, 2.75) is 6.42 Å². The molecule has 6 nitrogen and oxygen atoms in total. The first-order valence-corrected chi connectivity index (χ1v) is 6.39. The Morgan fingerprint density at radius 1 is 1.53 bits per heavy atom. The number of amides is 2. The summed E-state index contributed by atoms with van der Waals surface area (Å²) in [5, 5.41) is 5.90. The van der Waals surface area contributed by atoms with Crippen molar-refractivity contribution in [1.82, 2.24) is 15.2 Å². The van der Waals surface area contributed by atoms with Crippen molar-refractivity contribution in [3.05, 3.63) is 22.8 Å². The highest BCUT2D eigenvalue weighted by Crippen LogP contribution is 2.20. The Morgan fingerprint density at radius 3 is 3.05 bits per heavy atom. The molecule has 2 heterocycles. The van der Waals surface area contributed by atoms with Gasteiger partial charge in [-0.1, -0.05) is 11.6 Å². The number of pyridine rings is 1. The summed E-state index contributed by atoms with van der Waals surface area (Å²) in [4.78, 5) is 29.3. The highest BCUT2D eigenvalue weighted by atomic mass is 35.5. The Balaban J connectivity index is 2.20. The van der Waals surface area contributed by atoms with Gasteiger partial charge in [0, 0.05) is 39.3 Å². The summed E-state index contributed by atoms with van der Waals surface area (Å²) in [7, 11) is 1.72. The van der Waals surface area contributed by atoms with E-state index in [1.165, 1.54) is 6.20 Å². The molecule has 7 heteroatoms. The number of aromatic nitrogens is 1. The highest BCUT2D eigenvalue weighted by Gasteiger charge is 2.22. The van der Waals surface area contributed by atoms with Gasteiger partial charge >= 0.3 is 0 Å². The average Bonchev–Trinajstić information content (AvgIpc) is 2.63. The molecule has 2 amide bonds. The van der Waals surface area contributed by atoms with Gasteiger partial charge in [-0.3, -0.25) is 9.59 Å². The number of nitrogens with zero attached hydrogens (tertiary/aromatic N) is 2.